The molecule has 2 aliphatic rings. The Morgan fingerprint density at radius 1 is 1.14 bits per heavy atom. The summed E-state index contributed by atoms with van der Waals surface area (Å²) in [6.07, 6.45) is 5.10. The lowest BCUT2D eigenvalue weighted by molar-refractivity contribution is -0.117. The lowest BCUT2D eigenvalue weighted by Crippen LogP contribution is -2.40. The number of rotatable bonds is 4. The van der Waals surface area contributed by atoms with Gasteiger partial charge < -0.3 is 14.8 Å². The molecule has 1 N–H and O–H groups in total. The maximum absolute atomic E-state index is 12.4. The molecule has 3 aromatic rings. The lowest BCUT2D eigenvalue weighted by atomic mass is 9.94. The molecule has 1 amide bonds. The third-order valence-corrected chi connectivity index (χ3v) is 5.93. The summed E-state index contributed by atoms with van der Waals surface area (Å²) < 4.78 is 14.3. The van der Waals surface area contributed by atoms with Crippen LogP contribution in [0.1, 0.15) is 32.1 Å². The normalized spacial score (nSPS) is 16.8. The van der Waals surface area contributed by atoms with Gasteiger partial charge >= 0.3 is 5.69 Å². The van der Waals surface area contributed by atoms with Gasteiger partial charge in [0.05, 0.1) is 0 Å². The number of hydrogen-bond acceptors (Lipinski definition) is 7. The maximum Gasteiger partial charge on any atom is 0.369 e. The first-order valence-corrected chi connectivity index (χ1v) is 10.4. The highest BCUT2D eigenvalue weighted by molar-refractivity contribution is 7.12. The Kier molecular flexibility index (Phi) is 4.35. The number of amides is 1. The zero-order valence-corrected chi connectivity index (χ0v) is 16.4. The van der Waals surface area contributed by atoms with E-state index in [0.29, 0.717) is 22.2 Å². The number of fused-ring (bicyclic) bond motifs is 1. The summed E-state index contributed by atoms with van der Waals surface area (Å²) >= 11 is 1.37. The smallest absolute Gasteiger partial charge is 0.369 e. The third-order valence-electron chi connectivity index (χ3n) is 5.08. The minimum Gasteiger partial charge on any atom is -0.448 e. The summed E-state index contributed by atoms with van der Waals surface area (Å²) in [6, 6.07) is 8.88. The van der Waals surface area contributed by atoms with Crippen LogP contribution in [0.2, 0.25) is 0 Å². The average Bonchev–Trinajstić information content (AvgIpc) is 3.42. The van der Waals surface area contributed by atoms with Gasteiger partial charge in [-0.2, -0.15) is 9.36 Å². The molecule has 0 atom stereocenters. The Balaban J connectivity index is 1.27. The predicted octanol–water partition coefficient (Wildman–Crippen LogP) is 2.56. The van der Waals surface area contributed by atoms with Gasteiger partial charge in [-0.15, -0.1) is 11.3 Å². The minimum absolute atomic E-state index is 0.234. The summed E-state index contributed by atoms with van der Waals surface area (Å²) in [7, 11) is 0. The zero-order chi connectivity index (χ0) is 19.8. The largest absolute Gasteiger partial charge is 0.448 e. The Bertz CT molecular complexity index is 1100. The fraction of sp³-hybridized carbons (Fsp3) is 0.368. The molecule has 0 bridgehead atoms. The molecule has 1 saturated carbocycles. The van der Waals surface area contributed by atoms with Gasteiger partial charge in [0.15, 0.2) is 11.5 Å². The number of nitrogens with zero attached hydrogens (tertiary/aromatic N) is 4. The van der Waals surface area contributed by atoms with E-state index in [1.165, 1.54) is 22.4 Å². The molecule has 1 fully saturated rings. The quantitative estimate of drug-likeness (QED) is 0.706. The Morgan fingerprint density at radius 2 is 1.97 bits per heavy atom. The van der Waals surface area contributed by atoms with E-state index in [-0.39, 0.29) is 12.5 Å². The molecule has 0 radical (unpaired) electrons. The molecule has 3 heterocycles. The van der Waals surface area contributed by atoms with Crippen molar-refractivity contribution < 1.29 is 14.3 Å². The third kappa shape index (κ3) is 3.39. The van der Waals surface area contributed by atoms with Gasteiger partial charge in [0.25, 0.3) is 5.79 Å². The Labute approximate surface area is 169 Å². The second-order valence-electron chi connectivity index (χ2n) is 7.17. The van der Waals surface area contributed by atoms with E-state index >= 15 is 0 Å². The van der Waals surface area contributed by atoms with Crippen molar-refractivity contribution in [1.82, 2.24) is 19.8 Å². The van der Waals surface area contributed by atoms with Crippen LogP contribution in [0.25, 0.3) is 5.00 Å². The number of thiophene rings is 1. The van der Waals surface area contributed by atoms with E-state index in [2.05, 4.69) is 15.7 Å². The fourth-order valence-electron chi connectivity index (χ4n) is 3.70. The molecule has 1 aliphatic carbocycles. The van der Waals surface area contributed by atoms with Gasteiger partial charge in [0, 0.05) is 24.6 Å². The standard InChI is InChI=1S/C19H19N5O4S/c25-16(12-23-18(26)24(22-21-23)17-5-4-10-29-17)20-13-6-7-14-15(11-13)28-19(27-14)8-2-1-3-9-19/h4-7,10-11H,1-3,8-9,12H2,(H,20,25). The second kappa shape index (κ2) is 7.03. The van der Waals surface area contributed by atoms with Gasteiger partial charge in [-0.3, -0.25) is 4.79 Å². The van der Waals surface area contributed by atoms with Gasteiger partial charge in [-0.1, -0.05) is 6.42 Å². The first kappa shape index (κ1) is 17.9. The van der Waals surface area contributed by atoms with Gasteiger partial charge in [0.2, 0.25) is 5.91 Å². The number of nitrogens with one attached hydrogen (secondary N) is 1. The summed E-state index contributed by atoms with van der Waals surface area (Å²) in [5, 5.41) is 12.9. The molecule has 29 heavy (non-hydrogen) atoms. The van der Waals surface area contributed by atoms with Crippen LogP contribution in [0, 0.1) is 0 Å². The van der Waals surface area contributed by atoms with Crippen LogP contribution < -0.4 is 20.5 Å². The van der Waals surface area contributed by atoms with Crippen molar-refractivity contribution in [1.29, 1.82) is 0 Å². The molecule has 1 aliphatic heterocycles. The molecule has 10 heteroatoms. The first-order chi connectivity index (χ1) is 14.1. The van der Waals surface area contributed by atoms with Gasteiger partial charge in [-0.05, 0) is 52.9 Å². The lowest BCUT2D eigenvalue weighted by Gasteiger charge is -2.31. The monoisotopic (exact) mass is 413 g/mol. The molecule has 150 valence electrons. The van der Waals surface area contributed by atoms with E-state index in [0.717, 1.165) is 30.4 Å². The van der Waals surface area contributed by atoms with Crippen LogP contribution in [0.15, 0.2) is 40.5 Å². The number of benzene rings is 1. The number of ether oxygens (including phenoxy) is 2. The molecule has 2 aromatic heterocycles. The SMILES string of the molecule is O=C(Cn1nnn(-c2cccs2)c1=O)Nc1ccc2c(c1)OC1(CCCCC1)O2. The maximum atomic E-state index is 12.4. The summed E-state index contributed by atoms with van der Waals surface area (Å²) in [6.45, 7) is -0.234. The summed E-state index contributed by atoms with van der Waals surface area (Å²) in [5.74, 6) is 0.388. The van der Waals surface area contributed by atoms with Crippen molar-refractivity contribution in [3.63, 3.8) is 0 Å². The summed E-state index contributed by atoms with van der Waals surface area (Å²) in [5.41, 5.74) is 0.108. The zero-order valence-electron chi connectivity index (χ0n) is 15.5. The van der Waals surface area contributed by atoms with Crippen molar-refractivity contribution >= 4 is 22.9 Å². The van der Waals surface area contributed by atoms with E-state index in [1.807, 2.05) is 11.4 Å². The van der Waals surface area contributed by atoms with Crippen LogP contribution in [-0.4, -0.2) is 31.5 Å². The Morgan fingerprint density at radius 3 is 2.76 bits per heavy atom. The van der Waals surface area contributed by atoms with Crippen molar-refractivity contribution in [3.8, 4) is 16.5 Å². The average molecular weight is 413 g/mol. The van der Waals surface area contributed by atoms with Crippen LogP contribution >= 0.6 is 11.3 Å². The number of anilines is 1. The summed E-state index contributed by atoms with van der Waals surface area (Å²) in [4.78, 5) is 24.8. The predicted molar refractivity (Wildman–Crippen MR) is 106 cm³/mol. The number of hydrogen-bond donors (Lipinski definition) is 1. The highest BCUT2D eigenvalue weighted by atomic mass is 32.1. The van der Waals surface area contributed by atoms with E-state index in [4.69, 9.17) is 9.47 Å². The second-order valence-corrected chi connectivity index (χ2v) is 8.09. The van der Waals surface area contributed by atoms with Crippen LogP contribution in [-0.2, 0) is 11.3 Å². The fourth-order valence-corrected chi connectivity index (χ4v) is 4.37. The van der Waals surface area contributed by atoms with Crippen LogP contribution in [0.3, 0.4) is 0 Å². The van der Waals surface area contributed by atoms with Crippen LogP contribution in [0.4, 0.5) is 5.69 Å². The van der Waals surface area contributed by atoms with E-state index in [1.54, 1.807) is 24.3 Å². The molecular weight excluding hydrogens is 394 g/mol. The molecule has 5 rings (SSSR count). The van der Waals surface area contributed by atoms with Gasteiger partial charge in [-0.25, -0.2) is 4.79 Å². The topological polar surface area (TPSA) is 100 Å². The molecular formula is C19H19N5O4S. The van der Waals surface area contributed by atoms with E-state index in [9.17, 15) is 9.59 Å². The van der Waals surface area contributed by atoms with Crippen molar-refractivity contribution in [2.45, 2.75) is 44.4 Å². The number of aromatic nitrogens is 4. The first-order valence-electron chi connectivity index (χ1n) is 9.51. The molecule has 1 aromatic carbocycles. The van der Waals surface area contributed by atoms with Crippen molar-refractivity contribution in [2.75, 3.05) is 5.32 Å². The van der Waals surface area contributed by atoms with Gasteiger partial charge in [0.1, 0.15) is 11.5 Å². The van der Waals surface area contributed by atoms with Crippen LogP contribution in [0.5, 0.6) is 11.5 Å². The number of tetrazole rings is 1. The highest BCUT2D eigenvalue weighted by Gasteiger charge is 2.42. The number of carbonyl (C=O) groups excluding carboxylic acids is 1. The van der Waals surface area contributed by atoms with E-state index < -0.39 is 11.5 Å². The molecule has 0 saturated heterocycles. The molecule has 1 spiro atoms. The molecule has 0 unspecified atom stereocenters. The van der Waals surface area contributed by atoms with Crippen molar-refractivity contribution in [3.05, 3.63) is 46.2 Å². The minimum atomic E-state index is -0.559. The molecule has 9 nitrogen and oxygen atoms in total. The highest BCUT2D eigenvalue weighted by Crippen LogP contribution is 2.46. The van der Waals surface area contributed by atoms with Crippen molar-refractivity contribution in [2.24, 2.45) is 0 Å². The number of carbonyl (C=O) groups is 1. The Hall–Kier alpha value is -3.14.